The molecule has 0 aromatic carbocycles. The summed E-state index contributed by atoms with van der Waals surface area (Å²) in [6, 6.07) is 0.181. The molecule has 0 saturated carbocycles. The van der Waals surface area contributed by atoms with Gasteiger partial charge in [0, 0.05) is 19.1 Å². The largest absolute Gasteiger partial charge is 0.340 e. The highest BCUT2D eigenvalue weighted by molar-refractivity contribution is 5.29. The molecule has 2 rings (SSSR count). The molecule has 1 unspecified atom stereocenters. The summed E-state index contributed by atoms with van der Waals surface area (Å²) in [7, 11) is 0. The first-order valence-electron chi connectivity index (χ1n) is 5.79. The summed E-state index contributed by atoms with van der Waals surface area (Å²) in [5.74, 6) is 0.498. The van der Waals surface area contributed by atoms with Crippen LogP contribution in [0.25, 0.3) is 0 Å². The van der Waals surface area contributed by atoms with E-state index in [-0.39, 0.29) is 11.9 Å². The number of aromatic nitrogens is 3. The van der Waals surface area contributed by atoms with Gasteiger partial charge in [0.25, 0.3) is 6.43 Å². The minimum Gasteiger partial charge on any atom is -0.340 e. The standard InChI is InChI=1S/C10H17F2N5/c1-6(13)7-2-4-17(5-3-7)10-14-9(8(11)12)15-16-10/h6-8H,2-5,13H2,1H3,(H,14,15,16). The van der Waals surface area contributed by atoms with Gasteiger partial charge in [-0.15, -0.1) is 5.10 Å². The van der Waals surface area contributed by atoms with Crippen LogP contribution < -0.4 is 10.6 Å². The molecule has 1 saturated heterocycles. The van der Waals surface area contributed by atoms with Crippen molar-refractivity contribution in [2.75, 3.05) is 18.0 Å². The fourth-order valence-corrected chi connectivity index (χ4v) is 2.13. The van der Waals surface area contributed by atoms with Gasteiger partial charge in [-0.3, -0.25) is 5.10 Å². The molecule has 1 aromatic rings. The van der Waals surface area contributed by atoms with Crippen molar-refractivity contribution in [1.82, 2.24) is 15.2 Å². The van der Waals surface area contributed by atoms with Crippen LogP contribution in [0.3, 0.4) is 0 Å². The van der Waals surface area contributed by atoms with Crippen LogP contribution in [0.15, 0.2) is 0 Å². The number of nitrogens with zero attached hydrogens (tertiary/aromatic N) is 3. The minimum atomic E-state index is -2.60. The van der Waals surface area contributed by atoms with Crippen molar-refractivity contribution in [1.29, 1.82) is 0 Å². The number of aromatic amines is 1. The predicted octanol–water partition coefficient (Wildman–Crippen LogP) is 1.31. The Kier molecular flexibility index (Phi) is 3.56. The second kappa shape index (κ2) is 4.95. The third kappa shape index (κ3) is 2.71. The van der Waals surface area contributed by atoms with E-state index >= 15 is 0 Å². The van der Waals surface area contributed by atoms with Crippen LogP contribution >= 0.6 is 0 Å². The molecule has 7 heteroatoms. The molecule has 1 atom stereocenters. The number of H-pyrrole nitrogens is 1. The van der Waals surface area contributed by atoms with Crippen LogP contribution in [0.2, 0.25) is 0 Å². The number of piperidine rings is 1. The average Bonchev–Trinajstić information content (AvgIpc) is 2.78. The summed E-state index contributed by atoms with van der Waals surface area (Å²) in [5.41, 5.74) is 5.84. The highest BCUT2D eigenvalue weighted by Gasteiger charge is 2.24. The molecule has 0 amide bonds. The number of rotatable bonds is 3. The van der Waals surface area contributed by atoms with E-state index in [1.54, 1.807) is 0 Å². The summed E-state index contributed by atoms with van der Waals surface area (Å²) < 4.78 is 24.7. The van der Waals surface area contributed by atoms with E-state index in [0.29, 0.717) is 11.9 Å². The van der Waals surface area contributed by atoms with Crippen LogP contribution in [0.1, 0.15) is 32.0 Å². The molecule has 0 spiro atoms. The molecular weight excluding hydrogens is 228 g/mol. The van der Waals surface area contributed by atoms with E-state index in [9.17, 15) is 8.78 Å². The Hall–Kier alpha value is -1.24. The van der Waals surface area contributed by atoms with E-state index < -0.39 is 6.43 Å². The monoisotopic (exact) mass is 245 g/mol. The second-order valence-electron chi connectivity index (χ2n) is 4.50. The SMILES string of the molecule is CC(N)C1CCN(c2n[nH]c(C(F)F)n2)CC1. The van der Waals surface area contributed by atoms with Crippen LogP contribution in [0.5, 0.6) is 0 Å². The van der Waals surface area contributed by atoms with Gasteiger partial charge in [-0.1, -0.05) is 0 Å². The lowest BCUT2D eigenvalue weighted by atomic mass is 9.91. The Morgan fingerprint density at radius 1 is 1.41 bits per heavy atom. The molecule has 0 bridgehead atoms. The Morgan fingerprint density at radius 2 is 2.06 bits per heavy atom. The van der Waals surface area contributed by atoms with Crippen LogP contribution in [0, 0.1) is 5.92 Å². The van der Waals surface area contributed by atoms with E-state index in [4.69, 9.17) is 5.73 Å². The summed E-state index contributed by atoms with van der Waals surface area (Å²) in [6.45, 7) is 3.54. The molecule has 0 radical (unpaired) electrons. The molecule has 96 valence electrons. The van der Waals surface area contributed by atoms with Gasteiger partial charge in [-0.25, -0.2) is 8.78 Å². The first-order chi connectivity index (χ1) is 8.08. The van der Waals surface area contributed by atoms with Gasteiger partial charge in [0.2, 0.25) is 5.95 Å². The third-order valence-electron chi connectivity index (χ3n) is 3.26. The summed E-state index contributed by atoms with van der Waals surface area (Å²) in [5, 5.41) is 6.07. The summed E-state index contributed by atoms with van der Waals surface area (Å²) >= 11 is 0. The Balaban J connectivity index is 1.96. The van der Waals surface area contributed by atoms with Gasteiger partial charge in [-0.2, -0.15) is 4.98 Å². The number of halogens is 2. The topological polar surface area (TPSA) is 70.8 Å². The van der Waals surface area contributed by atoms with Gasteiger partial charge >= 0.3 is 0 Å². The number of nitrogens with one attached hydrogen (secondary N) is 1. The van der Waals surface area contributed by atoms with Crippen molar-refractivity contribution in [2.45, 2.75) is 32.2 Å². The lowest BCUT2D eigenvalue weighted by Crippen LogP contribution is -2.40. The molecular formula is C10H17F2N5. The van der Waals surface area contributed by atoms with E-state index in [1.165, 1.54) is 0 Å². The minimum absolute atomic E-state index is 0.181. The molecule has 17 heavy (non-hydrogen) atoms. The van der Waals surface area contributed by atoms with E-state index in [1.807, 2.05) is 11.8 Å². The Morgan fingerprint density at radius 3 is 2.53 bits per heavy atom. The van der Waals surface area contributed by atoms with Crippen LogP contribution in [0.4, 0.5) is 14.7 Å². The van der Waals surface area contributed by atoms with Crippen molar-refractivity contribution in [3.63, 3.8) is 0 Å². The van der Waals surface area contributed by atoms with Gasteiger partial charge in [0.1, 0.15) is 0 Å². The van der Waals surface area contributed by atoms with Gasteiger partial charge in [-0.05, 0) is 25.7 Å². The fraction of sp³-hybridized carbons (Fsp3) is 0.800. The maximum Gasteiger partial charge on any atom is 0.296 e. The smallest absolute Gasteiger partial charge is 0.296 e. The van der Waals surface area contributed by atoms with E-state index in [0.717, 1.165) is 25.9 Å². The molecule has 1 fully saturated rings. The molecule has 1 aromatic heterocycles. The molecule has 1 aliphatic heterocycles. The van der Waals surface area contributed by atoms with Gasteiger partial charge < -0.3 is 10.6 Å². The molecule has 5 nitrogen and oxygen atoms in total. The zero-order valence-corrected chi connectivity index (χ0v) is 9.74. The second-order valence-corrected chi connectivity index (χ2v) is 4.50. The number of hydrogen-bond donors (Lipinski definition) is 2. The zero-order chi connectivity index (χ0) is 12.4. The van der Waals surface area contributed by atoms with Gasteiger partial charge in [0.15, 0.2) is 5.82 Å². The first kappa shape index (κ1) is 12.2. The van der Waals surface area contributed by atoms with Crippen molar-refractivity contribution < 1.29 is 8.78 Å². The Labute approximate surface area is 98.4 Å². The van der Waals surface area contributed by atoms with Gasteiger partial charge in [0.05, 0.1) is 0 Å². The lowest BCUT2D eigenvalue weighted by Gasteiger charge is -2.32. The molecule has 0 aliphatic carbocycles. The van der Waals surface area contributed by atoms with Crippen molar-refractivity contribution in [2.24, 2.45) is 11.7 Å². The van der Waals surface area contributed by atoms with Crippen LogP contribution in [-0.4, -0.2) is 34.3 Å². The van der Waals surface area contributed by atoms with Crippen molar-refractivity contribution in [3.05, 3.63) is 5.82 Å². The lowest BCUT2D eigenvalue weighted by molar-refractivity contribution is 0.141. The first-order valence-corrected chi connectivity index (χ1v) is 5.79. The van der Waals surface area contributed by atoms with Crippen molar-refractivity contribution in [3.8, 4) is 0 Å². The zero-order valence-electron chi connectivity index (χ0n) is 9.74. The summed E-state index contributed by atoms with van der Waals surface area (Å²) in [4.78, 5) is 5.70. The highest BCUT2D eigenvalue weighted by Crippen LogP contribution is 2.23. The third-order valence-corrected chi connectivity index (χ3v) is 3.26. The highest BCUT2D eigenvalue weighted by atomic mass is 19.3. The Bertz CT molecular complexity index is 357. The molecule has 1 aliphatic rings. The average molecular weight is 245 g/mol. The maximum absolute atomic E-state index is 12.3. The normalized spacial score (nSPS) is 19.9. The number of hydrogen-bond acceptors (Lipinski definition) is 4. The van der Waals surface area contributed by atoms with E-state index in [2.05, 4.69) is 15.2 Å². The quantitative estimate of drug-likeness (QED) is 0.842. The summed E-state index contributed by atoms with van der Waals surface area (Å²) in [6.07, 6.45) is -0.690. The maximum atomic E-state index is 12.3. The number of anilines is 1. The van der Waals surface area contributed by atoms with Crippen LogP contribution in [-0.2, 0) is 0 Å². The van der Waals surface area contributed by atoms with Crippen molar-refractivity contribution >= 4 is 5.95 Å². The predicted molar refractivity (Wildman–Crippen MR) is 59.9 cm³/mol. The number of nitrogens with two attached hydrogens (primary N) is 1. The molecule has 2 heterocycles. The number of alkyl halides is 2. The molecule has 3 N–H and O–H groups in total. The fourth-order valence-electron chi connectivity index (χ4n) is 2.13.